The van der Waals surface area contributed by atoms with Crippen molar-refractivity contribution in [2.75, 3.05) is 13.7 Å². The molecule has 0 aliphatic carbocycles. The summed E-state index contributed by atoms with van der Waals surface area (Å²) in [5, 5.41) is 0.733. The summed E-state index contributed by atoms with van der Waals surface area (Å²) >= 11 is 0. The largest absolute Gasteiger partial charge is 0.497 e. The van der Waals surface area contributed by atoms with Crippen LogP contribution in [0.15, 0.2) is 52.1 Å². The van der Waals surface area contributed by atoms with E-state index < -0.39 is 5.69 Å². The number of halogens is 1. The van der Waals surface area contributed by atoms with E-state index in [0.29, 0.717) is 29.0 Å². The van der Waals surface area contributed by atoms with Crippen LogP contribution in [0.2, 0.25) is 0 Å². The maximum atomic E-state index is 13.9. The van der Waals surface area contributed by atoms with Crippen molar-refractivity contribution >= 4 is 21.9 Å². The fourth-order valence-electron chi connectivity index (χ4n) is 4.62. The highest BCUT2D eigenvalue weighted by Crippen LogP contribution is 2.29. The summed E-state index contributed by atoms with van der Waals surface area (Å²) in [4.78, 5) is 27.1. The molecule has 2 aromatic carbocycles. The summed E-state index contributed by atoms with van der Waals surface area (Å²) < 4.78 is 29.6. The number of aryl methyl sites for hydroxylation is 1. The van der Waals surface area contributed by atoms with Crippen LogP contribution in [0.1, 0.15) is 18.4 Å². The van der Waals surface area contributed by atoms with Gasteiger partial charge in [0.1, 0.15) is 17.1 Å². The minimum atomic E-state index is -0.433. The Bertz CT molecular complexity index is 1440. The van der Waals surface area contributed by atoms with Crippen LogP contribution in [0.3, 0.4) is 0 Å². The lowest BCUT2D eigenvalue weighted by atomic mass is 10.2. The Hall–Kier alpha value is -3.39. The fourth-order valence-corrected chi connectivity index (χ4v) is 4.62. The van der Waals surface area contributed by atoms with E-state index >= 15 is 0 Å². The van der Waals surface area contributed by atoms with Crippen LogP contribution in [-0.4, -0.2) is 33.5 Å². The van der Waals surface area contributed by atoms with Crippen LogP contribution in [0, 0.1) is 5.82 Å². The van der Waals surface area contributed by atoms with Gasteiger partial charge in [-0.05, 0) is 48.7 Å². The maximum Gasteiger partial charge on any atom is 0.331 e. The van der Waals surface area contributed by atoms with E-state index in [9.17, 15) is 14.0 Å². The van der Waals surface area contributed by atoms with E-state index in [4.69, 9.17) is 9.47 Å². The Kier molecular flexibility index (Phi) is 5.09. The van der Waals surface area contributed by atoms with Gasteiger partial charge >= 0.3 is 5.69 Å². The first-order valence-corrected chi connectivity index (χ1v) is 10.6. The first-order valence-electron chi connectivity index (χ1n) is 10.6. The third kappa shape index (κ3) is 3.31. The number of hydrogen-bond donors (Lipinski definition) is 0. The number of methoxy groups -OCH3 is 1. The molecule has 5 rings (SSSR count). The van der Waals surface area contributed by atoms with E-state index in [1.807, 2.05) is 25.2 Å². The van der Waals surface area contributed by atoms with Crippen molar-refractivity contribution in [1.82, 2.24) is 13.7 Å². The summed E-state index contributed by atoms with van der Waals surface area (Å²) in [6.07, 6.45) is 1.54. The molecule has 0 bridgehead atoms. The minimum absolute atomic E-state index is 0.134. The number of benzene rings is 2. The van der Waals surface area contributed by atoms with Crippen molar-refractivity contribution in [2.24, 2.45) is 7.05 Å². The lowest BCUT2D eigenvalue weighted by molar-refractivity contribution is 0.0948. The average Bonchev–Trinajstić information content (AvgIpc) is 3.40. The van der Waals surface area contributed by atoms with Gasteiger partial charge in [0.2, 0.25) is 0 Å². The van der Waals surface area contributed by atoms with Crippen LogP contribution in [0.4, 0.5) is 4.39 Å². The van der Waals surface area contributed by atoms with Crippen LogP contribution >= 0.6 is 0 Å². The van der Waals surface area contributed by atoms with E-state index in [2.05, 4.69) is 0 Å². The van der Waals surface area contributed by atoms with Crippen molar-refractivity contribution in [2.45, 2.75) is 32.0 Å². The Morgan fingerprint density at radius 3 is 2.69 bits per heavy atom. The van der Waals surface area contributed by atoms with Gasteiger partial charge < -0.3 is 14.0 Å². The van der Waals surface area contributed by atoms with E-state index in [1.54, 1.807) is 28.4 Å². The van der Waals surface area contributed by atoms with E-state index in [1.165, 1.54) is 16.7 Å². The SMILES string of the molecule is COc1ccc2c(c1)c1c(c(=O)n(CC3CCCO3)c(=O)n1Cc1cccc(F)c1)n2C. The van der Waals surface area contributed by atoms with Gasteiger partial charge in [-0.3, -0.25) is 13.9 Å². The monoisotopic (exact) mass is 437 g/mol. The first-order chi connectivity index (χ1) is 15.5. The molecule has 0 spiro atoms. The fraction of sp³-hybridized carbons (Fsp3) is 0.333. The molecule has 1 fully saturated rings. The predicted molar refractivity (Wildman–Crippen MR) is 120 cm³/mol. The van der Waals surface area contributed by atoms with Crippen molar-refractivity contribution in [1.29, 1.82) is 0 Å². The molecule has 2 aromatic heterocycles. The average molecular weight is 437 g/mol. The topological polar surface area (TPSA) is 67.4 Å². The molecule has 0 radical (unpaired) electrons. The van der Waals surface area contributed by atoms with Gasteiger partial charge in [-0.1, -0.05) is 12.1 Å². The molecule has 0 saturated carbocycles. The third-order valence-electron chi connectivity index (χ3n) is 6.20. The summed E-state index contributed by atoms with van der Waals surface area (Å²) in [6, 6.07) is 11.7. The standard InChI is InChI=1S/C24H24FN3O4/c1-26-20-9-8-17(31-2)12-19(20)21-22(26)23(29)28(14-18-7-4-10-32-18)24(30)27(21)13-15-5-3-6-16(25)11-15/h3,5-6,8-9,11-12,18H,4,7,10,13-14H2,1-2H3. The second-order valence-corrected chi connectivity index (χ2v) is 8.19. The second-order valence-electron chi connectivity index (χ2n) is 8.19. The van der Waals surface area contributed by atoms with E-state index in [-0.39, 0.29) is 30.6 Å². The number of fused-ring (bicyclic) bond motifs is 3. The molecular weight excluding hydrogens is 413 g/mol. The first kappa shape index (κ1) is 20.5. The number of aromatic nitrogens is 3. The molecule has 166 valence electrons. The summed E-state index contributed by atoms with van der Waals surface area (Å²) in [5.41, 5.74) is 1.59. The number of nitrogens with zero attached hydrogens (tertiary/aromatic N) is 3. The zero-order chi connectivity index (χ0) is 22.4. The van der Waals surface area contributed by atoms with Crippen molar-refractivity contribution in [3.8, 4) is 5.75 Å². The molecule has 1 aliphatic heterocycles. The minimum Gasteiger partial charge on any atom is -0.497 e. The zero-order valence-electron chi connectivity index (χ0n) is 18.0. The number of hydrogen-bond acceptors (Lipinski definition) is 4. The van der Waals surface area contributed by atoms with Crippen LogP contribution in [0.25, 0.3) is 21.9 Å². The molecule has 32 heavy (non-hydrogen) atoms. The predicted octanol–water partition coefficient (Wildman–Crippen LogP) is 3.03. The van der Waals surface area contributed by atoms with Crippen LogP contribution in [0.5, 0.6) is 5.75 Å². The molecule has 0 N–H and O–H groups in total. The highest BCUT2D eigenvalue weighted by Gasteiger charge is 2.24. The molecule has 1 atom stereocenters. The van der Waals surface area contributed by atoms with E-state index in [0.717, 1.165) is 23.7 Å². The van der Waals surface area contributed by atoms with Crippen molar-refractivity contribution in [3.05, 3.63) is 74.7 Å². The highest BCUT2D eigenvalue weighted by atomic mass is 19.1. The summed E-state index contributed by atoms with van der Waals surface area (Å²) in [6.45, 7) is 0.962. The summed E-state index contributed by atoms with van der Waals surface area (Å²) in [5.74, 6) is 0.248. The maximum absolute atomic E-state index is 13.9. The lowest BCUT2D eigenvalue weighted by Crippen LogP contribution is -2.42. The van der Waals surface area contributed by atoms with Crippen molar-refractivity contribution in [3.63, 3.8) is 0 Å². The number of ether oxygens (including phenoxy) is 2. The quantitative estimate of drug-likeness (QED) is 0.481. The highest BCUT2D eigenvalue weighted by molar-refractivity contribution is 6.06. The second kappa shape index (κ2) is 7.94. The van der Waals surface area contributed by atoms with Gasteiger partial charge in [0.05, 0.1) is 37.3 Å². The smallest absolute Gasteiger partial charge is 0.331 e. The Labute approximate surface area is 183 Å². The molecule has 8 heteroatoms. The Balaban J connectivity index is 1.83. The van der Waals surface area contributed by atoms with Gasteiger partial charge in [0, 0.05) is 19.0 Å². The lowest BCUT2D eigenvalue weighted by Gasteiger charge is -2.16. The van der Waals surface area contributed by atoms with Gasteiger partial charge in [0.25, 0.3) is 5.56 Å². The third-order valence-corrected chi connectivity index (χ3v) is 6.20. The van der Waals surface area contributed by atoms with Crippen molar-refractivity contribution < 1.29 is 13.9 Å². The van der Waals surface area contributed by atoms with Crippen LogP contribution < -0.4 is 16.0 Å². The number of rotatable bonds is 5. The normalized spacial score (nSPS) is 16.3. The summed E-state index contributed by atoms with van der Waals surface area (Å²) in [7, 11) is 3.38. The molecular formula is C24H24FN3O4. The van der Waals surface area contributed by atoms with Gasteiger partial charge in [-0.15, -0.1) is 0 Å². The Morgan fingerprint density at radius 1 is 1.12 bits per heavy atom. The molecule has 3 heterocycles. The molecule has 4 aromatic rings. The van der Waals surface area contributed by atoms with Gasteiger partial charge in [-0.2, -0.15) is 0 Å². The van der Waals surface area contributed by atoms with Gasteiger partial charge in [0.15, 0.2) is 0 Å². The molecule has 1 saturated heterocycles. The Morgan fingerprint density at radius 2 is 1.97 bits per heavy atom. The zero-order valence-corrected chi connectivity index (χ0v) is 18.0. The molecule has 0 amide bonds. The molecule has 1 unspecified atom stereocenters. The molecule has 7 nitrogen and oxygen atoms in total. The van der Waals surface area contributed by atoms with Gasteiger partial charge in [-0.25, -0.2) is 9.18 Å². The van der Waals surface area contributed by atoms with Crippen LogP contribution in [-0.2, 0) is 24.9 Å². The molecule has 1 aliphatic rings.